The van der Waals surface area contributed by atoms with Gasteiger partial charge in [-0.3, -0.25) is 0 Å². The van der Waals surface area contributed by atoms with E-state index >= 15 is 0 Å². The van der Waals surface area contributed by atoms with Gasteiger partial charge in [-0.2, -0.15) is 15.2 Å². The highest BCUT2D eigenvalue weighted by Gasteiger charge is 2.14. The van der Waals surface area contributed by atoms with Gasteiger partial charge in [0.2, 0.25) is 11.8 Å². The molecule has 0 aliphatic rings. The van der Waals surface area contributed by atoms with Crippen LogP contribution >= 0.6 is 0 Å². The van der Waals surface area contributed by atoms with Gasteiger partial charge in [-0.15, -0.1) is 0 Å². The van der Waals surface area contributed by atoms with Crippen molar-refractivity contribution >= 4 is 17.1 Å². The van der Waals surface area contributed by atoms with Gasteiger partial charge in [0.15, 0.2) is 11.2 Å². The molecule has 2 aromatic heterocycles. The van der Waals surface area contributed by atoms with Gasteiger partial charge in [0.05, 0.1) is 25.4 Å². The van der Waals surface area contributed by atoms with E-state index in [1.807, 2.05) is 0 Å². The second-order valence-electron chi connectivity index (χ2n) is 4.12. The molecular formula is C13H16N6O2. The van der Waals surface area contributed by atoms with Gasteiger partial charge in [-0.1, -0.05) is 12.7 Å². The number of anilines is 1. The maximum absolute atomic E-state index is 8.87. The largest absolute Gasteiger partial charge is 0.472 e. The van der Waals surface area contributed by atoms with Crippen LogP contribution in [0.2, 0.25) is 0 Å². The van der Waals surface area contributed by atoms with Crippen LogP contribution in [-0.2, 0) is 6.54 Å². The fourth-order valence-electron chi connectivity index (χ4n) is 1.74. The summed E-state index contributed by atoms with van der Waals surface area (Å²) in [6.07, 6.45) is 3.58. The molecule has 2 rings (SSSR count). The molecular weight excluding hydrogens is 272 g/mol. The van der Waals surface area contributed by atoms with E-state index in [4.69, 9.17) is 15.1 Å². The lowest BCUT2D eigenvalue weighted by Gasteiger charge is -2.08. The third-order valence-corrected chi connectivity index (χ3v) is 2.63. The molecule has 2 heterocycles. The average molecular weight is 288 g/mol. The molecule has 0 fully saturated rings. The lowest BCUT2D eigenvalue weighted by Crippen LogP contribution is -2.10. The molecule has 2 N–H and O–H groups in total. The van der Waals surface area contributed by atoms with Crippen molar-refractivity contribution in [3.63, 3.8) is 0 Å². The summed E-state index contributed by atoms with van der Waals surface area (Å²) < 4.78 is 7.26. The zero-order valence-corrected chi connectivity index (χ0v) is 11.5. The third-order valence-electron chi connectivity index (χ3n) is 2.63. The number of fused-ring (bicyclic) bond motifs is 1. The standard InChI is InChI=1S/C13H16N6O2/c1-2-8-21-12-10-11(17-13(18-12)15-5-7-20)19(9-16-10)6-3-4-14/h2,9,20H,1,3,5-8H2,(H,15,17,18). The third kappa shape index (κ3) is 3.46. The van der Waals surface area contributed by atoms with Crippen LogP contribution in [0.1, 0.15) is 6.42 Å². The summed E-state index contributed by atoms with van der Waals surface area (Å²) in [5, 5.41) is 20.4. The quantitative estimate of drug-likeness (QED) is 0.688. The molecule has 0 aromatic carbocycles. The van der Waals surface area contributed by atoms with E-state index in [2.05, 4.69) is 32.9 Å². The van der Waals surface area contributed by atoms with Crippen LogP contribution in [0.3, 0.4) is 0 Å². The molecule has 0 unspecified atom stereocenters. The van der Waals surface area contributed by atoms with Gasteiger partial charge < -0.3 is 19.7 Å². The number of aryl methyl sites for hydroxylation is 1. The van der Waals surface area contributed by atoms with Crippen molar-refractivity contribution in [1.29, 1.82) is 5.26 Å². The number of rotatable bonds is 8. The van der Waals surface area contributed by atoms with Gasteiger partial charge in [0, 0.05) is 13.1 Å². The first-order chi connectivity index (χ1) is 10.3. The summed E-state index contributed by atoms with van der Waals surface area (Å²) in [4.78, 5) is 12.8. The molecule has 8 nitrogen and oxygen atoms in total. The molecule has 0 spiro atoms. The Labute approximate surface area is 121 Å². The van der Waals surface area contributed by atoms with Crippen LogP contribution in [0.5, 0.6) is 5.88 Å². The van der Waals surface area contributed by atoms with Gasteiger partial charge in [0.25, 0.3) is 0 Å². The molecule has 0 aliphatic carbocycles. The molecule has 0 radical (unpaired) electrons. The van der Waals surface area contributed by atoms with Crippen molar-refractivity contribution in [3.8, 4) is 11.9 Å². The molecule has 0 bridgehead atoms. The van der Waals surface area contributed by atoms with E-state index in [-0.39, 0.29) is 6.61 Å². The molecule has 0 aliphatic heterocycles. The Morgan fingerprint density at radius 1 is 1.52 bits per heavy atom. The second-order valence-corrected chi connectivity index (χ2v) is 4.12. The minimum absolute atomic E-state index is 0.0298. The van der Waals surface area contributed by atoms with E-state index in [9.17, 15) is 0 Å². The Balaban J connectivity index is 2.40. The molecule has 0 saturated heterocycles. The highest BCUT2D eigenvalue weighted by molar-refractivity contribution is 5.77. The SMILES string of the molecule is C=CCOc1nc(NCCO)nc2c1ncn2CCC#N. The van der Waals surface area contributed by atoms with Crippen LogP contribution in [0.25, 0.3) is 11.2 Å². The summed E-state index contributed by atoms with van der Waals surface area (Å²) in [5.41, 5.74) is 1.11. The Morgan fingerprint density at radius 3 is 3.10 bits per heavy atom. The number of aromatic nitrogens is 4. The summed E-state index contributed by atoms with van der Waals surface area (Å²) in [7, 11) is 0. The van der Waals surface area contributed by atoms with Gasteiger partial charge >= 0.3 is 0 Å². The second kappa shape index (κ2) is 7.21. The number of nitrogens with zero attached hydrogens (tertiary/aromatic N) is 5. The maximum Gasteiger partial charge on any atom is 0.247 e. The fraction of sp³-hybridized carbons (Fsp3) is 0.385. The average Bonchev–Trinajstić information content (AvgIpc) is 2.91. The van der Waals surface area contributed by atoms with Crippen molar-refractivity contribution < 1.29 is 9.84 Å². The summed E-state index contributed by atoms with van der Waals surface area (Å²) >= 11 is 0. The normalized spacial score (nSPS) is 10.3. The number of hydrogen-bond donors (Lipinski definition) is 2. The summed E-state index contributed by atoms with van der Waals surface area (Å²) in [6.45, 7) is 4.69. The Morgan fingerprint density at radius 2 is 2.38 bits per heavy atom. The molecule has 8 heteroatoms. The number of aliphatic hydroxyl groups is 1. The first-order valence-electron chi connectivity index (χ1n) is 6.48. The van der Waals surface area contributed by atoms with E-state index in [1.54, 1.807) is 17.0 Å². The first-order valence-corrected chi connectivity index (χ1v) is 6.48. The molecule has 110 valence electrons. The molecule has 0 amide bonds. The summed E-state index contributed by atoms with van der Waals surface area (Å²) in [5.74, 6) is 0.686. The molecule has 0 atom stereocenters. The number of nitriles is 1. The van der Waals surface area contributed by atoms with Crippen molar-refractivity contribution in [1.82, 2.24) is 19.5 Å². The minimum Gasteiger partial charge on any atom is -0.472 e. The zero-order chi connectivity index (χ0) is 15.1. The van der Waals surface area contributed by atoms with E-state index in [0.29, 0.717) is 49.1 Å². The number of aliphatic hydroxyl groups excluding tert-OH is 1. The van der Waals surface area contributed by atoms with E-state index in [0.717, 1.165) is 0 Å². The Hall–Kier alpha value is -2.66. The van der Waals surface area contributed by atoms with Crippen molar-refractivity contribution in [2.75, 3.05) is 25.1 Å². The number of hydrogen-bond acceptors (Lipinski definition) is 7. The van der Waals surface area contributed by atoms with Crippen molar-refractivity contribution in [3.05, 3.63) is 19.0 Å². The molecule has 2 aromatic rings. The highest BCUT2D eigenvalue weighted by atomic mass is 16.5. The fourth-order valence-corrected chi connectivity index (χ4v) is 1.74. The minimum atomic E-state index is -0.0298. The molecule has 21 heavy (non-hydrogen) atoms. The van der Waals surface area contributed by atoms with Gasteiger partial charge in [-0.05, 0) is 0 Å². The molecule has 0 saturated carbocycles. The smallest absolute Gasteiger partial charge is 0.247 e. The maximum atomic E-state index is 8.87. The van der Waals surface area contributed by atoms with Gasteiger partial charge in [-0.25, -0.2) is 4.98 Å². The van der Waals surface area contributed by atoms with Crippen molar-refractivity contribution in [2.24, 2.45) is 0 Å². The lowest BCUT2D eigenvalue weighted by atomic mass is 10.4. The first kappa shape index (κ1) is 14.7. The van der Waals surface area contributed by atoms with Crippen LogP contribution in [0.4, 0.5) is 5.95 Å². The highest BCUT2D eigenvalue weighted by Crippen LogP contribution is 2.23. The van der Waals surface area contributed by atoms with Crippen LogP contribution in [-0.4, -0.2) is 44.4 Å². The van der Waals surface area contributed by atoms with Gasteiger partial charge in [0.1, 0.15) is 6.61 Å². The van der Waals surface area contributed by atoms with Crippen LogP contribution < -0.4 is 10.1 Å². The van der Waals surface area contributed by atoms with Crippen LogP contribution in [0, 0.1) is 11.3 Å². The number of imidazole rings is 1. The Kier molecular flexibility index (Phi) is 5.06. The van der Waals surface area contributed by atoms with Crippen molar-refractivity contribution in [2.45, 2.75) is 13.0 Å². The monoisotopic (exact) mass is 288 g/mol. The predicted molar refractivity (Wildman–Crippen MR) is 76.8 cm³/mol. The summed E-state index contributed by atoms with van der Waals surface area (Å²) in [6, 6.07) is 2.08. The number of ether oxygens (including phenoxy) is 1. The van der Waals surface area contributed by atoms with Crippen LogP contribution in [0.15, 0.2) is 19.0 Å². The number of nitrogens with one attached hydrogen (secondary N) is 1. The van der Waals surface area contributed by atoms with E-state index in [1.165, 1.54) is 0 Å². The topological polar surface area (TPSA) is 109 Å². The zero-order valence-electron chi connectivity index (χ0n) is 11.5. The predicted octanol–water partition coefficient (Wildman–Crippen LogP) is 0.709. The Bertz CT molecular complexity index is 660. The lowest BCUT2D eigenvalue weighted by molar-refractivity contribution is 0.310. The van der Waals surface area contributed by atoms with E-state index < -0.39 is 0 Å².